The molecular formula is C83H158O17P2. The lowest BCUT2D eigenvalue weighted by atomic mass is 10.0. The zero-order valence-corrected chi connectivity index (χ0v) is 67.9. The highest BCUT2D eigenvalue weighted by Gasteiger charge is 2.30. The minimum absolute atomic E-state index is 0.0878. The molecule has 19 heteroatoms. The summed E-state index contributed by atoms with van der Waals surface area (Å²) >= 11 is 0. The lowest BCUT2D eigenvalue weighted by Crippen LogP contribution is -2.30. The number of hydrogen-bond acceptors (Lipinski definition) is 15. The van der Waals surface area contributed by atoms with Gasteiger partial charge in [-0.25, -0.2) is 9.13 Å². The number of esters is 4. The molecule has 2 unspecified atom stereocenters. The van der Waals surface area contributed by atoms with Crippen LogP contribution in [0.4, 0.5) is 0 Å². The maximum absolute atomic E-state index is 13.1. The van der Waals surface area contributed by atoms with Gasteiger partial charge in [-0.1, -0.05) is 367 Å². The maximum atomic E-state index is 13.1. The third-order valence-corrected chi connectivity index (χ3v) is 20.9. The number of aliphatic hydroxyl groups is 1. The van der Waals surface area contributed by atoms with E-state index in [2.05, 4.69) is 52.0 Å². The van der Waals surface area contributed by atoms with Crippen LogP contribution in [0.2, 0.25) is 0 Å². The maximum Gasteiger partial charge on any atom is 0.472 e. The molecule has 0 heterocycles. The van der Waals surface area contributed by atoms with Crippen molar-refractivity contribution in [1.29, 1.82) is 0 Å². The first-order valence-corrected chi connectivity index (χ1v) is 45.6. The number of unbranched alkanes of at least 4 members (excludes halogenated alkanes) is 52. The fourth-order valence-corrected chi connectivity index (χ4v) is 14.0. The number of allylic oxidation sites excluding steroid dienone is 4. The van der Waals surface area contributed by atoms with Crippen molar-refractivity contribution in [3.8, 4) is 0 Å². The van der Waals surface area contributed by atoms with Crippen molar-refractivity contribution in [3.05, 3.63) is 24.3 Å². The number of phosphoric ester groups is 2. The number of aliphatic hydroxyl groups excluding tert-OH is 1. The van der Waals surface area contributed by atoms with E-state index in [0.29, 0.717) is 25.7 Å². The molecule has 0 aromatic carbocycles. The molecule has 17 nitrogen and oxygen atoms in total. The summed E-state index contributed by atoms with van der Waals surface area (Å²) in [7, 11) is -9.93. The molecule has 0 aliphatic carbocycles. The van der Waals surface area contributed by atoms with E-state index in [0.717, 1.165) is 109 Å². The van der Waals surface area contributed by atoms with Crippen LogP contribution in [0.1, 0.15) is 426 Å². The van der Waals surface area contributed by atoms with Gasteiger partial charge in [0.1, 0.15) is 19.3 Å². The summed E-state index contributed by atoms with van der Waals surface area (Å²) in [6, 6.07) is 0. The summed E-state index contributed by atoms with van der Waals surface area (Å²) in [5, 5.41) is 10.7. The van der Waals surface area contributed by atoms with Gasteiger partial charge in [0.05, 0.1) is 26.4 Å². The fraction of sp³-hybridized carbons (Fsp3) is 0.904. The van der Waals surface area contributed by atoms with Crippen molar-refractivity contribution in [2.24, 2.45) is 0 Å². The second kappa shape index (κ2) is 76.7. The molecule has 0 aromatic rings. The van der Waals surface area contributed by atoms with Crippen LogP contribution in [-0.2, 0) is 65.4 Å². The van der Waals surface area contributed by atoms with E-state index in [1.807, 2.05) is 0 Å². The Kier molecular flexibility index (Phi) is 74.9. The monoisotopic (exact) mass is 1490 g/mol. The molecule has 602 valence electrons. The Hall–Kier alpha value is -2.46. The minimum atomic E-state index is -4.97. The molecule has 0 aliphatic heterocycles. The largest absolute Gasteiger partial charge is 0.472 e. The second-order valence-electron chi connectivity index (χ2n) is 29.2. The smallest absolute Gasteiger partial charge is 0.462 e. The van der Waals surface area contributed by atoms with Crippen molar-refractivity contribution >= 4 is 39.5 Å². The van der Waals surface area contributed by atoms with E-state index in [1.54, 1.807) is 0 Å². The topological polar surface area (TPSA) is 237 Å². The fourth-order valence-electron chi connectivity index (χ4n) is 12.4. The average molecular weight is 1490 g/mol. The minimum Gasteiger partial charge on any atom is -0.462 e. The molecule has 0 saturated carbocycles. The van der Waals surface area contributed by atoms with E-state index >= 15 is 0 Å². The highest BCUT2D eigenvalue weighted by Crippen LogP contribution is 2.45. The van der Waals surface area contributed by atoms with Crippen molar-refractivity contribution in [3.63, 3.8) is 0 Å². The predicted octanol–water partition coefficient (Wildman–Crippen LogP) is 24.9. The van der Waals surface area contributed by atoms with Crippen LogP contribution < -0.4 is 0 Å². The van der Waals surface area contributed by atoms with E-state index in [4.69, 9.17) is 37.0 Å². The molecule has 0 aromatic heterocycles. The van der Waals surface area contributed by atoms with Gasteiger partial charge in [0.2, 0.25) is 0 Å². The number of carbonyl (C=O) groups is 4. The van der Waals surface area contributed by atoms with Crippen LogP contribution in [-0.4, -0.2) is 96.7 Å². The van der Waals surface area contributed by atoms with E-state index in [1.165, 1.54) is 238 Å². The summed E-state index contributed by atoms with van der Waals surface area (Å²) in [6.07, 6.45) is 72.8. The Labute approximate surface area is 624 Å². The van der Waals surface area contributed by atoms with Crippen molar-refractivity contribution in [2.45, 2.75) is 444 Å². The van der Waals surface area contributed by atoms with E-state index < -0.39 is 97.5 Å². The van der Waals surface area contributed by atoms with Gasteiger partial charge in [-0.15, -0.1) is 0 Å². The first kappa shape index (κ1) is 99.5. The summed E-state index contributed by atoms with van der Waals surface area (Å²) in [5.74, 6) is -2.13. The van der Waals surface area contributed by atoms with Crippen LogP contribution in [0, 0.1) is 0 Å². The molecule has 0 aliphatic rings. The van der Waals surface area contributed by atoms with Gasteiger partial charge in [-0.05, 0) is 57.8 Å². The molecular weight excluding hydrogens is 1330 g/mol. The summed E-state index contributed by atoms with van der Waals surface area (Å²) in [4.78, 5) is 73.1. The summed E-state index contributed by atoms with van der Waals surface area (Å²) < 4.78 is 68.8. The van der Waals surface area contributed by atoms with Gasteiger partial charge < -0.3 is 33.8 Å². The van der Waals surface area contributed by atoms with Gasteiger partial charge >= 0.3 is 39.5 Å². The standard InChI is InChI=1S/C83H158O17P2/c1-5-9-13-17-21-25-29-33-36-38-41-44-47-51-55-59-63-67-80(85)93-73-78(99-82(87)69-65-61-57-53-49-43-32-28-24-20-16-12-8-4)75-97-101(89,90)95-71-77(84)72-96-102(91,92)98-76-79(100-83(88)70-66-62-58-54-50-46-40-35-31-27-23-19-15-11-7-3)74-94-81(86)68-64-60-56-52-48-45-42-39-37-34-30-26-22-18-14-10-6-2/h23,27,35,40,77-79,84H,5-22,24-26,28-34,36-39,41-76H2,1-4H3,(H,89,90)(H,91,92)/b27-23-,40-35-/t77-,78+,79+/m0/s1. The van der Waals surface area contributed by atoms with Gasteiger partial charge in [0.25, 0.3) is 0 Å². The molecule has 0 rings (SSSR count). The Morgan fingerprint density at radius 2 is 0.480 bits per heavy atom. The first-order valence-electron chi connectivity index (χ1n) is 42.6. The molecule has 0 spiro atoms. The normalized spacial score (nSPS) is 13.9. The number of ether oxygens (including phenoxy) is 4. The number of carbonyl (C=O) groups excluding carboxylic acids is 4. The zero-order chi connectivity index (χ0) is 74.6. The molecule has 3 N–H and O–H groups in total. The SMILES string of the molecule is CCCCC/C=C\C/C=C\CCCCCCCC(=O)O[C@H](COC(=O)CCCCCCCCCCCCCCCCCCC)COP(=O)(O)OC[C@@H](O)COP(=O)(O)OC[C@@H](COC(=O)CCCCCCCCCCCCCCCCCCC)OC(=O)CCCCCCCCCCCCCCC. The highest BCUT2D eigenvalue weighted by atomic mass is 31.2. The zero-order valence-electron chi connectivity index (χ0n) is 66.1. The number of hydrogen-bond donors (Lipinski definition) is 3. The Morgan fingerprint density at radius 3 is 0.745 bits per heavy atom. The Morgan fingerprint density at radius 1 is 0.275 bits per heavy atom. The van der Waals surface area contributed by atoms with Crippen molar-refractivity contribution < 1.29 is 80.2 Å². The number of phosphoric acid groups is 2. The first-order chi connectivity index (χ1) is 49.7. The average Bonchev–Trinajstić information content (AvgIpc) is 0.907. The molecule has 0 saturated heterocycles. The molecule has 102 heavy (non-hydrogen) atoms. The molecule has 0 radical (unpaired) electrons. The Balaban J connectivity index is 5.28. The van der Waals surface area contributed by atoms with Crippen LogP contribution in [0.3, 0.4) is 0 Å². The van der Waals surface area contributed by atoms with Gasteiger partial charge in [-0.3, -0.25) is 37.3 Å². The van der Waals surface area contributed by atoms with E-state index in [9.17, 15) is 43.2 Å². The third kappa shape index (κ3) is 75.8. The van der Waals surface area contributed by atoms with Crippen LogP contribution in [0.5, 0.6) is 0 Å². The molecule has 5 atom stereocenters. The van der Waals surface area contributed by atoms with Gasteiger partial charge in [0, 0.05) is 25.7 Å². The highest BCUT2D eigenvalue weighted by molar-refractivity contribution is 7.47. The van der Waals surface area contributed by atoms with Crippen LogP contribution in [0.25, 0.3) is 0 Å². The van der Waals surface area contributed by atoms with Gasteiger partial charge in [0.15, 0.2) is 12.2 Å². The van der Waals surface area contributed by atoms with Crippen molar-refractivity contribution in [2.75, 3.05) is 39.6 Å². The number of rotatable bonds is 82. The second-order valence-corrected chi connectivity index (χ2v) is 32.1. The molecule has 0 bridgehead atoms. The summed E-state index contributed by atoms with van der Waals surface area (Å²) in [6.45, 7) is 4.98. The quantitative estimate of drug-likeness (QED) is 0.0169. The van der Waals surface area contributed by atoms with Crippen LogP contribution >= 0.6 is 15.6 Å². The van der Waals surface area contributed by atoms with E-state index in [-0.39, 0.29) is 25.7 Å². The lowest BCUT2D eigenvalue weighted by molar-refractivity contribution is -0.161. The van der Waals surface area contributed by atoms with Crippen molar-refractivity contribution in [1.82, 2.24) is 0 Å². The van der Waals surface area contributed by atoms with Crippen LogP contribution in [0.15, 0.2) is 24.3 Å². The summed E-state index contributed by atoms with van der Waals surface area (Å²) in [5.41, 5.74) is 0. The third-order valence-electron chi connectivity index (χ3n) is 18.9. The predicted molar refractivity (Wildman–Crippen MR) is 418 cm³/mol. The molecule has 0 amide bonds. The van der Waals surface area contributed by atoms with Gasteiger partial charge in [-0.2, -0.15) is 0 Å². The lowest BCUT2D eigenvalue weighted by Gasteiger charge is -2.21. The Bertz CT molecular complexity index is 2020. The molecule has 0 fully saturated rings.